The first-order chi connectivity index (χ1) is 12.2. The van der Waals surface area contributed by atoms with Gasteiger partial charge in [-0.2, -0.15) is 0 Å². The number of benzene rings is 1. The standard InChI is InChI=1S/C20H25N3OS/c1-22(15-16-7-5-9-18(13-16)25-2)20(24)19(23-11-3-4-12-23)17-8-6-10-21-14-17/h5-10,13-14,19H,3-4,11-12,15H2,1-2H3/t19-/m1/s1. The van der Waals surface area contributed by atoms with Gasteiger partial charge in [-0.3, -0.25) is 14.7 Å². The van der Waals surface area contributed by atoms with E-state index in [1.54, 1.807) is 18.0 Å². The van der Waals surface area contributed by atoms with Crippen LogP contribution >= 0.6 is 11.8 Å². The Morgan fingerprint density at radius 1 is 1.28 bits per heavy atom. The van der Waals surface area contributed by atoms with Crippen molar-refractivity contribution in [3.8, 4) is 0 Å². The molecule has 1 aliphatic heterocycles. The largest absolute Gasteiger partial charge is 0.340 e. The summed E-state index contributed by atoms with van der Waals surface area (Å²) in [6.07, 6.45) is 7.96. The Balaban J connectivity index is 1.79. The first-order valence-corrected chi connectivity index (χ1v) is 9.93. The maximum Gasteiger partial charge on any atom is 0.244 e. The van der Waals surface area contributed by atoms with E-state index in [0.717, 1.165) is 37.1 Å². The van der Waals surface area contributed by atoms with Crippen molar-refractivity contribution >= 4 is 17.7 Å². The lowest BCUT2D eigenvalue weighted by molar-refractivity contribution is -0.136. The molecule has 1 amide bonds. The first-order valence-electron chi connectivity index (χ1n) is 8.71. The highest BCUT2D eigenvalue weighted by Gasteiger charge is 2.31. The number of carbonyl (C=O) groups is 1. The number of likely N-dealkylation sites (N-methyl/N-ethyl adjacent to an activating group) is 1. The summed E-state index contributed by atoms with van der Waals surface area (Å²) in [5.41, 5.74) is 2.15. The van der Waals surface area contributed by atoms with Crippen LogP contribution in [0.1, 0.15) is 30.0 Å². The number of hydrogen-bond acceptors (Lipinski definition) is 4. The van der Waals surface area contributed by atoms with Gasteiger partial charge in [0.25, 0.3) is 0 Å². The van der Waals surface area contributed by atoms with Gasteiger partial charge in [0, 0.05) is 30.9 Å². The van der Waals surface area contributed by atoms with E-state index in [4.69, 9.17) is 0 Å². The minimum atomic E-state index is -0.232. The zero-order valence-corrected chi connectivity index (χ0v) is 15.7. The maximum absolute atomic E-state index is 13.2. The van der Waals surface area contributed by atoms with E-state index in [9.17, 15) is 4.79 Å². The molecule has 1 aromatic heterocycles. The van der Waals surface area contributed by atoms with Crippen molar-refractivity contribution in [1.82, 2.24) is 14.8 Å². The summed E-state index contributed by atoms with van der Waals surface area (Å²) in [5.74, 6) is 0.143. The minimum absolute atomic E-state index is 0.143. The van der Waals surface area contributed by atoms with Gasteiger partial charge in [0.2, 0.25) is 5.91 Å². The van der Waals surface area contributed by atoms with Gasteiger partial charge in [-0.05, 0) is 61.5 Å². The van der Waals surface area contributed by atoms with Gasteiger partial charge in [-0.15, -0.1) is 11.8 Å². The molecule has 4 nitrogen and oxygen atoms in total. The molecule has 0 aliphatic carbocycles. The monoisotopic (exact) mass is 355 g/mol. The van der Waals surface area contributed by atoms with E-state index in [2.05, 4.69) is 40.4 Å². The van der Waals surface area contributed by atoms with Crippen molar-refractivity contribution in [3.63, 3.8) is 0 Å². The summed E-state index contributed by atoms with van der Waals surface area (Å²) >= 11 is 1.72. The van der Waals surface area contributed by atoms with E-state index in [0.29, 0.717) is 6.54 Å². The van der Waals surface area contributed by atoms with Crippen LogP contribution in [0.4, 0.5) is 0 Å². The van der Waals surface area contributed by atoms with Gasteiger partial charge >= 0.3 is 0 Å². The Labute approximate surface area is 154 Å². The van der Waals surface area contributed by atoms with Gasteiger partial charge in [0.1, 0.15) is 6.04 Å². The lowest BCUT2D eigenvalue weighted by Crippen LogP contribution is -2.40. The zero-order valence-electron chi connectivity index (χ0n) is 14.9. The van der Waals surface area contributed by atoms with Crippen LogP contribution in [0.3, 0.4) is 0 Å². The predicted octanol–water partition coefficient (Wildman–Crippen LogP) is 3.60. The lowest BCUT2D eigenvalue weighted by atomic mass is 10.1. The van der Waals surface area contributed by atoms with Gasteiger partial charge in [0.15, 0.2) is 0 Å². The van der Waals surface area contributed by atoms with Crippen LogP contribution in [0.25, 0.3) is 0 Å². The summed E-state index contributed by atoms with van der Waals surface area (Å²) in [5, 5.41) is 0. The number of aromatic nitrogens is 1. The lowest BCUT2D eigenvalue weighted by Gasteiger charge is -2.30. The predicted molar refractivity (Wildman–Crippen MR) is 102 cm³/mol. The van der Waals surface area contributed by atoms with Crippen molar-refractivity contribution in [3.05, 3.63) is 59.9 Å². The number of rotatable bonds is 6. The van der Waals surface area contributed by atoms with Crippen molar-refractivity contribution in [1.29, 1.82) is 0 Å². The molecule has 132 valence electrons. The van der Waals surface area contributed by atoms with Gasteiger partial charge < -0.3 is 4.90 Å². The number of thioether (sulfide) groups is 1. The molecule has 2 aromatic rings. The van der Waals surface area contributed by atoms with Crippen LogP contribution in [-0.2, 0) is 11.3 Å². The van der Waals surface area contributed by atoms with Gasteiger partial charge in [0.05, 0.1) is 0 Å². The van der Waals surface area contributed by atoms with Crippen molar-refractivity contribution in [2.45, 2.75) is 30.3 Å². The van der Waals surface area contributed by atoms with Crippen molar-refractivity contribution in [2.24, 2.45) is 0 Å². The SMILES string of the molecule is CSc1cccc(CN(C)C(=O)[C@@H](c2cccnc2)N2CCCC2)c1. The van der Waals surface area contributed by atoms with E-state index in [1.807, 2.05) is 30.3 Å². The fourth-order valence-electron chi connectivity index (χ4n) is 3.38. The smallest absolute Gasteiger partial charge is 0.244 e. The van der Waals surface area contributed by atoms with Crippen LogP contribution in [0.5, 0.6) is 0 Å². The fraction of sp³-hybridized carbons (Fsp3) is 0.400. The Hall–Kier alpha value is -1.85. The summed E-state index contributed by atoms with van der Waals surface area (Å²) < 4.78 is 0. The number of hydrogen-bond donors (Lipinski definition) is 0. The molecule has 25 heavy (non-hydrogen) atoms. The Morgan fingerprint density at radius 3 is 2.76 bits per heavy atom. The highest BCUT2D eigenvalue weighted by atomic mass is 32.2. The summed E-state index contributed by atoms with van der Waals surface area (Å²) in [4.78, 5) is 22.8. The van der Waals surface area contributed by atoms with Crippen molar-refractivity contribution < 1.29 is 4.79 Å². The van der Waals surface area contributed by atoms with E-state index in [1.165, 1.54) is 4.90 Å². The average Bonchev–Trinajstić information content (AvgIpc) is 3.17. The summed E-state index contributed by atoms with van der Waals surface area (Å²) in [7, 11) is 1.90. The highest BCUT2D eigenvalue weighted by Crippen LogP contribution is 2.27. The molecule has 1 atom stereocenters. The Morgan fingerprint density at radius 2 is 2.08 bits per heavy atom. The van der Waals surface area contributed by atoms with Crippen LogP contribution < -0.4 is 0 Å². The second-order valence-electron chi connectivity index (χ2n) is 6.48. The molecular weight excluding hydrogens is 330 g/mol. The topological polar surface area (TPSA) is 36.4 Å². The molecular formula is C20H25N3OS. The molecule has 0 unspecified atom stereocenters. The molecule has 2 heterocycles. The molecule has 0 N–H and O–H groups in total. The van der Waals surface area contributed by atoms with Crippen molar-refractivity contribution in [2.75, 3.05) is 26.4 Å². The van der Waals surface area contributed by atoms with Crippen LogP contribution in [-0.4, -0.2) is 47.1 Å². The van der Waals surface area contributed by atoms with E-state index < -0.39 is 0 Å². The molecule has 0 spiro atoms. The minimum Gasteiger partial charge on any atom is -0.340 e. The molecule has 1 aliphatic rings. The number of amides is 1. The molecule has 3 rings (SSSR count). The molecule has 5 heteroatoms. The normalized spacial score (nSPS) is 15.9. The second-order valence-corrected chi connectivity index (χ2v) is 7.36. The number of likely N-dealkylation sites (tertiary alicyclic amines) is 1. The van der Waals surface area contributed by atoms with Crippen LogP contribution in [0, 0.1) is 0 Å². The van der Waals surface area contributed by atoms with Crippen LogP contribution in [0.15, 0.2) is 53.7 Å². The molecule has 1 aromatic carbocycles. The molecule has 1 fully saturated rings. The summed E-state index contributed by atoms with van der Waals surface area (Å²) in [6, 6.07) is 12.1. The fourth-order valence-corrected chi connectivity index (χ4v) is 3.86. The first kappa shape index (κ1) is 18.0. The maximum atomic E-state index is 13.2. The molecule has 0 saturated carbocycles. The molecule has 1 saturated heterocycles. The van der Waals surface area contributed by atoms with E-state index in [-0.39, 0.29) is 11.9 Å². The van der Waals surface area contributed by atoms with Crippen LogP contribution in [0.2, 0.25) is 0 Å². The zero-order chi connectivity index (χ0) is 17.6. The number of nitrogens with zero attached hydrogens (tertiary/aromatic N) is 3. The highest BCUT2D eigenvalue weighted by molar-refractivity contribution is 7.98. The Kier molecular flexibility index (Phi) is 6.10. The quantitative estimate of drug-likeness (QED) is 0.742. The second kappa shape index (κ2) is 8.50. The third kappa shape index (κ3) is 4.41. The average molecular weight is 356 g/mol. The molecule has 0 bridgehead atoms. The Bertz CT molecular complexity index is 701. The van der Waals surface area contributed by atoms with E-state index >= 15 is 0 Å². The molecule has 0 radical (unpaired) electrons. The van der Waals surface area contributed by atoms with Gasteiger partial charge in [-0.1, -0.05) is 18.2 Å². The third-order valence-electron chi connectivity index (χ3n) is 4.67. The number of pyridine rings is 1. The third-order valence-corrected chi connectivity index (χ3v) is 5.40. The number of carbonyl (C=O) groups excluding carboxylic acids is 1. The van der Waals surface area contributed by atoms with Gasteiger partial charge in [-0.25, -0.2) is 0 Å². The summed E-state index contributed by atoms with van der Waals surface area (Å²) in [6.45, 7) is 2.57.